The Morgan fingerprint density at radius 2 is 1.92 bits per heavy atom. The zero-order valence-electron chi connectivity index (χ0n) is 14.3. The van der Waals surface area contributed by atoms with E-state index in [-0.39, 0.29) is 18.5 Å². The number of anilines is 1. The van der Waals surface area contributed by atoms with E-state index in [9.17, 15) is 13.2 Å². The van der Waals surface area contributed by atoms with E-state index in [1.807, 2.05) is 13.0 Å². The Kier molecular flexibility index (Phi) is 5.01. The molecule has 2 aliphatic rings. The molecule has 2 aliphatic heterocycles. The van der Waals surface area contributed by atoms with Gasteiger partial charge < -0.3 is 4.74 Å². The Hall–Kier alpha value is -2.05. The van der Waals surface area contributed by atoms with Gasteiger partial charge in [-0.25, -0.2) is 0 Å². The normalized spacial score (nSPS) is 27.6. The highest BCUT2D eigenvalue weighted by atomic mass is 19.4. The molecule has 1 aromatic carbocycles. The second-order valence-electron chi connectivity index (χ2n) is 6.53. The molecule has 1 aromatic rings. The summed E-state index contributed by atoms with van der Waals surface area (Å²) in [7, 11) is 1.56. The van der Waals surface area contributed by atoms with Gasteiger partial charge in [0.25, 0.3) is 0 Å². The highest BCUT2D eigenvalue weighted by Gasteiger charge is 2.49. The second-order valence-corrected chi connectivity index (χ2v) is 6.53. The number of para-hydroxylation sites is 1. The molecule has 3 atom stereocenters. The summed E-state index contributed by atoms with van der Waals surface area (Å²) in [6.07, 6.45) is -2.31. The van der Waals surface area contributed by atoms with Gasteiger partial charge in [0.2, 0.25) is 0 Å². The smallest absolute Gasteiger partial charge is 0.431 e. The van der Waals surface area contributed by atoms with Gasteiger partial charge in [0.15, 0.2) is 5.90 Å². The standard InChI is InChI=1S/C18H22F3N3O/c1-12-14(9-6-10-16(22-12)25-2)15-11-24(13-7-4-3-5-8-13)23-17(15)18(19,20)21/h3-5,7-8,12,14-15H,6,9-11H2,1-2H3. The quantitative estimate of drug-likeness (QED) is 0.796. The Labute approximate surface area is 145 Å². The summed E-state index contributed by atoms with van der Waals surface area (Å²) in [6.45, 7) is 2.10. The molecule has 0 bridgehead atoms. The van der Waals surface area contributed by atoms with Gasteiger partial charge in [0, 0.05) is 12.3 Å². The van der Waals surface area contributed by atoms with Gasteiger partial charge in [0.1, 0.15) is 5.71 Å². The second kappa shape index (κ2) is 7.06. The fourth-order valence-corrected chi connectivity index (χ4v) is 3.70. The van der Waals surface area contributed by atoms with Gasteiger partial charge in [-0.3, -0.25) is 10.0 Å². The minimum Gasteiger partial charge on any atom is -0.484 e. The molecule has 4 nitrogen and oxygen atoms in total. The average Bonchev–Trinajstić information content (AvgIpc) is 2.95. The Balaban J connectivity index is 1.90. The minimum atomic E-state index is -4.44. The number of aliphatic imine (C=N–C) groups is 1. The van der Waals surface area contributed by atoms with Crippen molar-refractivity contribution in [2.75, 3.05) is 18.7 Å². The zero-order chi connectivity index (χ0) is 18.0. The number of hydrogen-bond donors (Lipinski definition) is 0. The van der Waals surface area contributed by atoms with Crippen LogP contribution < -0.4 is 5.01 Å². The van der Waals surface area contributed by atoms with Gasteiger partial charge in [-0.2, -0.15) is 18.3 Å². The molecule has 0 spiro atoms. The molecule has 0 aromatic heterocycles. The first-order valence-electron chi connectivity index (χ1n) is 8.49. The van der Waals surface area contributed by atoms with E-state index in [1.54, 1.807) is 31.4 Å². The fourth-order valence-electron chi connectivity index (χ4n) is 3.70. The molecule has 25 heavy (non-hydrogen) atoms. The molecule has 0 radical (unpaired) electrons. The van der Waals surface area contributed by atoms with Crippen LogP contribution in [0.15, 0.2) is 40.4 Å². The van der Waals surface area contributed by atoms with Crippen LogP contribution in [0.4, 0.5) is 18.9 Å². The summed E-state index contributed by atoms with van der Waals surface area (Å²) < 4.78 is 46.0. The number of benzene rings is 1. The summed E-state index contributed by atoms with van der Waals surface area (Å²) in [5.41, 5.74) is -0.0154. The van der Waals surface area contributed by atoms with Crippen molar-refractivity contribution in [2.24, 2.45) is 21.9 Å². The number of rotatable bonds is 2. The third kappa shape index (κ3) is 3.80. The lowest BCUT2D eigenvalue weighted by Gasteiger charge is -2.27. The van der Waals surface area contributed by atoms with Gasteiger partial charge >= 0.3 is 6.18 Å². The van der Waals surface area contributed by atoms with Crippen molar-refractivity contribution < 1.29 is 17.9 Å². The maximum atomic E-state index is 13.6. The molecule has 2 heterocycles. The van der Waals surface area contributed by atoms with Gasteiger partial charge in [-0.1, -0.05) is 18.2 Å². The number of alkyl halides is 3. The predicted octanol–water partition coefficient (Wildman–Crippen LogP) is 4.27. The summed E-state index contributed by atoms with van der Waals surface area (Å²) in [6, 6.07) is 8.75. The van der Waals surface area contributed by atoms with Crippen molar-refractivity contribution in [3.05, 3.63) is 30.3 Å². The van der Waals surface area contributed by atoms with E-state index in [4.69, 9.17) is 4.74 Å². The highest BCUT2D eigenvalue weighted by molar-refractivity contribution is 5.95. The van der Waals surface area contributed by atoms with Crippen LogP contribution in [0.2, 0.25) is 0 Å². The SMILES string of the molecule is COC1=NC(C)C(C2CN(c3ccccc3)N=C2C(F)(F)F)CCC1. The van der Waals surface area contributed by atoms with E-state index < -0.39 is 17.8 Å². The molecule has 3 rings (SSSR count). The lowest BCUT2D eigenvalue weighted by molar-refractivity contribution is -0.0633. The van der Waals surface area contributed by atoms with Gasteiger partial charge in [-0.15, -0.1) is 0 Å². The van der Waals surface area contributed by atoms with Crippen molar-refractivity contribution >= 4 is 17.3 Å². The molecule has 0 fully saturated rings. The number of ether oxygens (including phenoxy) is 1. The number of nitrogens with zero attached hydrogens (tertiary/aromatic N) is 3. The van der Waals surface area contributed by atoms with Gasteiger partial charge in [-0.05, 0) is 37.8 Å². The minimum absolute atomic E-state index is 0.207. The summed E-state index contributed by atoms with van der Waals surface area (Å²) in [4.78, 5) is 4.49. The monoisotopic (exact) mass is 353 g/mol. The maximum absolute atomic E-state index is 13.6. The molecule has 136 valence electrons. The number of hydrazone groups is 1. The topological polar surface area (TPSA) is 37.2 Å². The lowest BCUT2D eigenvalue weighted by atomic mass is 9.81. The fraction of sp³-hybridized carbons (Fsp3) is 0.556. The third-order valence-corrected chi connectivity index (χ3v) is 4.94. The van der Waals surface area contributed by atoms with Crippen LogP contribution in [0, 0.1) is 11.8 Å². The van der Waals surface area contributed by atoms with Crippen molar-refractivity contribution in [1.29, 1.82) is 0 Å². The van der Waals surface area contributed by atoms with E-state index in [2.05, 4.69) is 10.1 Å². The van der Waals surface area contributed by atoms with Crippen molar-refractivity contribution in [2.45, 2.75) is 38.4 Å². The summed E-state index contributed by atoms with van der Waals surface area (Å²) >= 11 is 0. The molecule has 3 unspecified atom stereocenters. The third-order valence-electron chi connectivity index (χ3n) is 4.94. The molecule has 0 saturated heterocycles. The Morgan fingerprint density at radius 3 is 2.56 bits per heavy atom. The number of halogens is 3. The lowest BCUT2D eigenvalue weighted by Crippen LogP contribution is -2.38. The van der Waals surface area contributed by atoms with Crippen molar-refractivity contribution in [3.63, 3.8) is 0 Å². The van der Waals surface area contributed by atoms with Crippen LogP contribution in [-0.4, -0.2) is 37.5 Å². The van der Waals surface area contributed by atoms with E-state index in [1.165, 1.54) is 5.01 Å². The largest absolute Gasteiger partial charge is 0.484 e. The summed E-state index contributed by atoms with van der Waals surface area (Å²) in [5.74, 6) is -0.268. The van der Waals surface area contributed by atoms with E-state index >= 15 is 0 Å². The molecular weight excluding hydrogens is 331 g/mol. The zero-order valence-corrected chi connectivity index (χ0v) is 14.3. The maximum Gasteiger partial charge on any atom is 0.431 e. The predicted molar refractivity (Wildman–Crippen MR) is 92.0 cm³/mol. The molecule has 7 heteroatoms. The molecule has 0 amide bonds. The molecular formula is C18H22F3N3O. The van der Waals surface area contributed by atoms with Crippen LogP contribution in [0.25, 0.3) is 0 Å². The first-order valence-corrected chi connectivity index (χ1v) is 8.49. The van der Waals surface area contributed by atoms with Crippen molar-refractivity contribution in [3.8, 4) is 0 Å². The first kappa shape index (κ1) is 17.8. The van der Waals surface area contributed by atoms with Crippen molar-refractivity contribution in [1.82, 2.24) is 0 Å². The number of hydrogen-bond acceptors (Lipinski definition) is 4. The highest BCUT2D eigenvalue weighted by Crippen LogP contribution is 2.38. The van der Waals surface area contributed by atoms with Gasteiger partial charge in [0.05, 0.1) is 25.4 Å². The van der Waals surface area contributed by atoms with Crippen LogP contribution in [-0.2, 0) is 4.74 Å². The van der Waals surface area contributed by atoms with E-state index in [0.717, 1.165) is 6.42 Å². The molecule has 0 N–H and O–H groups in total. The van der Waals surface area contributed by atoms with Crippen LogP contribution in [0.1, 0.15) is 26.2 Å². The van der Waals surface area contributed by atoms with Crippen LogP contribution >= 0.6 is 0 Å². The Morgan fingerprint density at radius 1 is 1.20 bits per heavy atom. The summed E-state index contributed by atoms with van der Waals surface area (Å²) in [5, 5.41) is 5.40. The Bertz CT molecular complexity index is 657. The van der Waals surface area contributed by atoms with E-state index in [0.29, 0.717) is 24.4 Å². The molecule has 0 saturated carbocycles. The average molecular weight is 353 g/mol. The van der Waals surface area contributed by atoms with Crippen LogP contribution in [0.3, 0.4) is 0 Å². The first-order chi connectivity index (χ1) is 11.9. The number of methoxy groups -OCH3 is 1. The van der Waals surface area contributed by atoms with Crippen LogP contribution in [0.5, 0.6) is 0 Å². The molecule has 0 aliphatic carbocycles.